The van der Waals surface area contributed by atoms with E-state index in [2.05, 4.69) is 15.9 Å². The van der Waals surface area contributed by atoms with Crippen LogP contribution >= 0.6 is 15.9 Å². The van der Waals surface area contributed by atoms with Crippen molar-refractivity contribution in [1.82, 2.24) is 0 Å². The van der Waals surface area contributed by atoms with Crippen LogP contribution in [0.4, 0.5) is 39.5 Å². The molecule has 0 heterocycles. The van der Waals surface area contributed by atoms with Gasteiger partial charge in [0.2, 0.25) is 0 Å². The molecule has 1 unspecified atom stereocenters. The van der Waals surface area contributed by atoms with Crippen molar-refractivity contribution in [3.05, 3.63) is 70.2 Å². The van der Waals surface area contributed by atoms with Crippen molar-refractivity contribution >= 4 is 21.7 Å². The number of halogens is 10. The third kappa shape index (κ3) is 4.35. The van der Waals surface area contributed by atoms with Crippen LogP contribution in [-0.2, 0) is 0 Å². The molecule has 0 aliphatic carbocycles. The van der Waals surface area contributed by atoms with Gasteiger partial charge >= 0.3 is 23.9 Å². The van der Waals surface area contributed by atoms with Crippen molar-refractivity contribution < 1.29 is 44.3 Å². The molecule has 0 saturated carbocycles. The first-order chi connectivity index (χ1) is 13.6. The lowest BCUT2D eigenvalue weighted by molar-refractivity contribution is -0.396. The molecule has 1 atom stereocenters. The van der Waals surface area contributed by atoms with Gasteiger partial charge in [-0.1, -0.05) is 64.5 Å². The second-order valence-electron chi connectivity index (χ2n) is 6.36. The smallest absolute Gasteiger partial charge is 0.293 e. The van der Waals surface area contributed by atoms with Gasteiger partial charge in [-0.2, -0.15) is 39.5 Å². The lowest BCUT2D eigenvalue weighted by Crippen LogP contribution is -2.61. The molecule has 1 nitrogen and oxygen atoms in total. The molecule has 0 amide bonds. The van der Waals surface area contributed by atoms with Gasteiger partial charge in [-0.15, -0.1) is 0 Å². The van der Waals surface area contributed by atoms with Crippen molar-refractivity contribution in [3.8, 4) is 0 Å². The van der Waals surface area contributed by atoms with E-state index in [1.165, 1.54) is 48.5 Å². The van der Waals surface area contributed by atoms with E-state index >= 15 is 0 Å². The highest BCUT2D eigenvalue weighted by molar-refractivity contribution is 9.10. The molecule has 2 aromatic carbocycles. The van der Waals surface area contributed by atoms with E-state index in [1.807, 2.05) is 0 Å². The molecule has 11 heteroatoms. The first kappa shape index (κ1) is 24.2. The predicted octanol–water partition coefficient (Wildman–Crippen LogP) is 7.27. The SMILES string of the molecule is O=C(c1ccccc1)C(CC(F)(F)C(F)(F)C(F)(F)C(F)(F)F)c1ccccc1Br. The van der Waals surface area contributed by atoms with Crippen LogP contribution in [0.25, 0.3) is 0 Å². The lowest BCUT2D eigenvalue weighted by atomic mass is 9.83. The molecule has 0 aromatic heterocycles. The van der Waals surface area contributed by atoms with Crippen molar-refractivity contribution in [1.29, 1.82) is 0 Å². The van der Waals surface area contributed by atoms with Crippen molar-refractivity contribution in [3.63, 3.8) is 0 Å². The van der Waals surface area contributed by atoms with Gasteiger partial charge in [0, 0.05) is 16.5 Å². The summed E-state index contributed by atoms with van der Waals surface area (Å²) in [6, 6.07) is 11.6. The molecule has 0 fully saturated rings. The maximum atomic E-state index is 14.3. The topological polar surface area (TPSA) is 17.1 Å². The Morgan fingerprint density at radius 1 is 0.767 bits per heavy atom. The zero-order valence-corrected chi connectivity index (χ0v) is 16.3. The number of carbonyl (C=O) groups is 1. The number of alkyl halides is 9. The lowest BCUT2D eigenvalue weighted by Gasteiger charge is -2.35. The summed E-state index contributed by atoms with van der Waals surface area (Å²) < 4.78 is 120. The van der Waals surface area contributed by atoms with E-state index in [-0.39, 0.29) is 15.6 Å². The second kappa shape index (κ2) is 8.24. The minimum Gasteiger partial charge on any atom is -0.293 e. The summed E-state index contributed by atoms with van der Waals surface area (Å²) in [6.07, 6.45) is -9.20. The number of rotatable bonds is 7. The molecule has 2 rings (SSSR count). The van der Waals surface area contributed by atoms with Gasteiger partial charge in [0.1, 0.15) is 0 Å². The largest absolute Gasteiger partial charge is 0.460 e. The van der Waals surface area contributed by atoms with Crippen LogP contribution in [0, 0.1) is 0 Å². The quantitative estimate of drug-likeness (QED) is 0.285. The number of Topliss-reactive ketones (excluding diaryl/α,β-unsaturated/α-hetero) is 1. The van der Waals surface area contributed by atoms with Gasteiger partial charge < -0.3 is 0 Å². The minimum absolute atomic E-state index is 0.0148. The van der Waals surface area contributed by atoms with Gasteiger partial charge in [0.05, 0.1) is 5.92 Å². The third-order valence-electron chi connectivity index (χ3n) is 4.33. The van der Waals surface area contributed by atoms with E-state index in [1.54, 1.807) is 0 Å². The van der Waals surface area contributed by atoms with Crippen LogP contribution < -0.4 is 0 Å². The number of benzene rings is 2. The van der Waals surface area contributed by atoms with E-state index in [0.29, 0.717) is 0 Å². The standard InChI is InChI=1S/C19H12BrF9O/c20-14-9-5-4-8-12(14)13(15(30)11-6-2-1-3-7-11)10-16(21,22)17(23,24)18(25,26)19(27,28)29/h1-9,13H,10H2. The Balaban J connectivity index is 2.55. The Morgan fingerprint density at radius 2 is 1.27 bits per heavy atom. The Hall–Kier alpha value is -2.04. The zero-order valence-electron chi connectivity index (χ0n) is 14.7. The summed E-state index contributed by atoms with van der Waals surface area (Å²) in [5.74, 6) is -23.0. The molecular weight excluding hydrogens is 495 g/mol. The van der Waals surface area contributed by atoms with Crippen LogP contribution in [0.15, 0.2) is 59.1 Å². The number of carbonyl (C=O) groups excluding carboxylic acids is 1. The summed E-state index contributed by atoms with van der Waals surface area (Å²) in [7, 11) is 0. The number of ketones is 1. The summed E-state index contributed by atoms with van der Waals surface area (Å²) in [4.78, 5) is 12.7. The van der Waals surface area contributed by atoms with Crippen LogP contribution in [0.1, 0.15) is 28.3 Å². The fourth-order valence-electron chi connectivity index (χ4n) is 2.70. The molecule has 0 spiro atoms. The highest BCUT2D eigenvalue weighted by Crippen LogP contribution is 2.55. The van der Waals surface area contributed by atoms with E-state index < -0.39 is 42.1 Å². The van der Waals surface area contributed by atoms with Gasteiger partial charge in [0.25, 0.3) is 0 Å². The van der Waals surface area contributed by atoms with E-state index in [0.717, 1.165) is 6.07 Å². The molecule has 0 aliphatic heterocycles. The van der Waals surface area contributed by atoms with Gasteiger partial charge in [0.15, 0.2) is 5.78 Å². The van der Waals surface area contributed by atoms with Crippen LogP contribution in [0.3, 0.4) is 0 Å². The van der Waals surface area contributed by atoms with Crippen LogP contribution in [0.2, 0.25) is 0 Å². The van der Waals surface area contributed by atoms with E-state index in [4.69, 9.17) is 0 Å². The summed E-state index contributed by atoms with van der Waals surface area (Å²) in [5.41, 5.74) is -0.475. The van der Waals surface area contributed by atoms with Gasteiger partial charge in [-0.25, -0.2) is 0 Å². The maximum absolute atomic E-state index is 14.3. The fourth-order valence-corrected chi connectivity index (χ4v) is 3.26. The average Bonchev–Trinajstić information content (AvgIpc) is 2.65. The molecule has 2 aromatic rings. The molecule has 0 bridgehead atoms. The first-order valence-corrected chi connectivity index (χ1v) is 8.96. The molecule has 30 heavy (non-hydrogen) atoms. The monoisotopic (exact) mass is 506 g/mol. The Labute approximate surface area is 173 Å². The van der Waals surface area contributed by atoms with Crippen molar-refractivity contribution in [2.45, 2.75) is 36.3 Å². The van der Waals surface area contributed by atoms with Crippen molar-refractivity contribution in [2.24, 2.45) is 0 Å². The predicted molar refractivity (Wildman–Crippen MR) is 93.2 cm³/mol. The Bertz CT molecular complexity index is 894. The highest BCUT2D eigenvalue weighted by Gasteiger charge is 2.81. The Kier molecular flexibility index (Phi) is 6.65. The minimum atomic E-state index is -7.02. The fraction of sp³-hybridized carbons (Fsp3) is 0.316. The average molecular weight is 507 g/mol. The van der Waals surface area contributed by atoms with Crippen LogP contribution in [0.5, 0.6) is 0 Å². The first-order valence-electron chi connectivity index (χ1n) is 8.17. The maximum Gasteiger partial charge on any atom is 0.460 e. The Morgan fingerprint density at radius 3 is 1.77 bits per heavy atom. The zero-order chi connectivity index (χ0) is 23.0. The summed E-state index contributed by atoms with van der Waals surface area (Å²) >= 11 is 2.95. The van der Waals surface area contributed by atoms with E-state index in [9.17, 15) is 44.3 Å². The summed E-state index contributed by atoms with van der Waals surface area (Å²) in [6.45, 7) is 0. The molecule has 0 aliphatic rings. The second-order valence-corrected chi connectivity index (χ2v) is 7.21. The third-order valence-corrected chi connectivity index (χ3v) is 5.05. The molecule has 0 radical (unpaired) electrons. The van der Waals surface area contributed by atoms with Crippen LogP contribution in [-0.4, -0.2) is 29.7 Å². The molecular formula is C19H12BrF9O. The number of hydrogen-bond acceptors (Lipinski definition) is 1. The molecule has 0 N–H and O–H groups in total. The van der Waals surface area contributed by atoms with Crippen molar-refractivity contribution in [2.75, 3.05) is 0 Å². The molecule has 0 saturated heterocycles. The van der Waals surface area contributed by atoms with Gasteiger partial charge in [-0.3, -0.25) is 4.79 Å². The number of hydrogen-bond donors (Lipinski definition) is 0. The van der Waals surface area contributed by atoms with Gasteiger partial charge in [-0.05, 0) is 11.6 Å². The molecule has 164 valence electrons. The highest BCUT2D eigenvalue weighted by atomic mass is 79.9. The normalized spacial score (nSPS) is 14.5. The summed E-state index contributed by atoms with van der Waals surface area (Å²) in [5, 5.41) is 0.